The van der Waals surface area contributed by atoms with Gasteiger partial charge in [-0.05, 0) is 43.1 Å². The maximum atomic E-state index is 6.04. The van der Waals surface area contributed by atoms with Crippen LogP contribution in [0.5, 0.6) is 0 Å². The maximum absolute atomic E-state index is 6.04. The van der Waals surface area contributed by atoms with Crippen LogP contribution in [0.1, 0.15) is 32.0 Å². The van der Waals surface area contributed by atoms with Crippen molar-refractivity contribution in [3.63, 3.8) is 0 Å². The lowest BCUT2D eigenvalue weighted by Gasteiger charge is -2.20. The number of halogens is 1. The Morgan fingerprint density at radius 3 is 2.62 bits per heavy atom. The molecule has 0 radical (unpaired) electrons. The van der Waals surface area contributed by atoms with Gasteiger partial charge in [0.05, 0.1) is 16.2 Å². The molecule has 1 saturated heterocycles. The summed E-state index contributed by atoms with van der Waals surface area (Å²) in [7, 11) is 0. The Morgan fingerprint density at radius 1 is 1.50 bits per heavy atom. The molecule has 0 saturated carbocycles. The van der Waals surface area contributed by atoms with E-state index in [1.54, 1.807) is 0 Å². The minimum Gasteiger partial charge on any atom is -0.383 e. The fourth-order valence-corrected chi connectivity index (χ4v) is 2.52. The van der Waals surface area contributed by atoms with Crippen LogP contribution in [0.4, 0.5) is 5.82 Å². The first-order valence-electron chi connectivity index (χ1n) is 5.74. The molecule has 16 heavy (non-hydrogen) atoms. The highest BCUT2D eigenvalue weighted by molar-refractivity contribution is 9.10. The van der Waals surface area contributed by atoms with E-state index < -0.39 is 0 Å². The molecule has 0 bridgehead atoms. The van der Waals surface area contributed by atoms with Gasteiger partial charge in [0, 0.05) is 19.1 Å². The van der Waals surface area contributed by atoms with Gasteiger partial charge in [0.1, 0.15) is 5.82 Å². The third kappa shape index (κ3) is 1.98. The van der Waals surface area contributed by atoms with E-state index in [4.69, 9.17) is 5.73 Å². The van der Waals surface area contributed by atoms with Crippen molar-refractivity contribution in [1.29, 1.82) is 0 Å². The summed E-state index contributed by atoms with van der Waals surface area (Å²) < 4.78 is 2.91. The average molecular weight is 287 g/mol. The fraction of sp³-hybridized carbons (Fsp3) is 0.727. The van der Waals surface area contributed by atoms with Crippen LogP contribution in [0, 0.1) is 6.92 Å². The van der Waals surface area contributed by atoms with Gasteiger partial charge in [0.2, 0.25) is 0 Å². The zero-order valence-corrected chi connectivity index (χ0v) is 11.7. The second-order valence-corrected chi connectivity index (χ2v) is 5.55. The quantitative estimate of drug-likeness (QED) is 0.907. The fourth-order valence-electron chi connectivity index (χ4n) is 2.26. The summed E-state index contributed by atoms with van der Waals surface area (Å²) in [4.78, 5) is 2.47. The smallest absolute Gasteiger partial charge is 0.136 e. The molecule has 1 unspecified atom stereocenters. The van der Waals surface area contributed by atoms with Crippen molar-refractivity contribution in [1.82, 2.24) is 14.7 Å². The second-order valence-electron chi connectivity index (χ2n) is 4.76. The molecule has 90 valence electrons. The van der Waals surface area contributed by atoms with Crippen LogP contribution in [0.2, 0.25) is 0 Å². The number of nitrogens with zero attached hydrogens (tertiary/aromatic N) is 3. The molecule has 2 N–H and O–H groups in total. The summed E-state index contributed by atoms with van der Waals surface area (Å²) >= 11 is 3.47. The molecule has 1 aliphatic heterocycles. The maximum Gasteiger partial charge on any atom is 0.136 e. The van der Waals surface area contributed by atoms with Crippen LogP contribution in [0.3, 0.4) is 0 Å². The Hall–Kier alpha value is -0.550. The Labute approximate surface area is 105 Å². The molecule has 1 aliphatic rings. The van der Waals surface area contributed by atoms with Crippen molar-refractivity contribution in [2.45, 2.75) is 39.3 Å². The summed E-state index contributed by atoms with van der Waals surface area (Å²) in [5.74, 6) is 0.758. The van der Waals surface area contributed by atoms with E-state index in [2.05, 4.69) is 39.8 Å². The number of nitrogen functional groups attached to an aromatic ring is 1. The first-order chi connectivity index (χ1) is 7.50. The molecule has 5 heteroatoms. The van der Waals surface area contributed by atoms with Gasteiger partial charge in [0.25, 0.3) is 0 Å². The summed E-state index contributed by atoms with van der Waals surface area (Å²) in [6.07, 6.45) is 1.13. The molecule has 2 heterocycles. The van der Waals surface area contributed by atoms with E-state index in [-0.39, 0.29) is 0 Å². The molecule has 0 aliphatic carbocycles. The first-order valence-corrected chi connectivity index (χ1v) is 6.54. The van der Waals surface area contributed by atoms with Crippen molar-refractivity contribution in [3.05, 3.63) is 10.2 Å². The van der Waals surface area contributed by atoms with Crippen LogP contribution < -0.4 is 5.73 Å². The Morgan fingerprint density at radius 2 is 2.19 bits per heavy atom. The highest BCUT2D eigenvalue weighted by atomic mass is 79.9. The molecule has 1 fully saturated rings. The minimum absolute atomic E-state index is 0.424. The van der Waals surface area contributed by atoms with Gasteiger partial charge < -0.3 is 5.73 Å². The topological polar surface area (TPSA) is 47.1 Å². The molecule has 0 amide bonds. The van der Waals surface area contributed by atoms with E-state index in [9.17, 15) is 0 Å². The Bertz CT molecular complexity index is 386. The number of rotatable bonds is 2. The predicted molar refractivity (Wildman–Crippen MR) is 69.4 cm³/mol. The average Bonchev–Trinajstić information content (AvgIpc) is 2.79. The highest BCUT2D eigenvalue weighted by Crippen LogP contribution is 2.30. The van der Waals surface area contributed by atoms with Gasteiger partial charge in [-0.1, -0.05) is 0 Å². The number of hydrogen-bond donors (Lipinski definition) is 1. The van der Waals surface area contributed by atoms with E-state index in [1.165, 1.54) is 0 Å². The summed E-state index contributed by atoms with van der Waals surface area (Å²) in [5, 5.41) is 4.50. The third-order valence-corrected chi connectivity index (χ3v) is 4.30. The van der Waals surface area contributed by atoms with Gasteiger partial charge in [-0.15, -0.1) is 0 Å². The number of nitrogens with two attached hydrogens (primary N) is 1. The second kappa shape index (κ2) is 4.37. The van der Waals surface area contributed by atoms with Gasteiger partial charge >= 0.3 is 0 Å². The van der Waals surface area contributed by atoms with Crippen molar-refractivity contribution in [2.24, 2.45) is 0 Å². The zero-order chi connectivity index (χ0) is 11.9. The number of aromatic nitrogens is 2. The van der Waals surface area contributed by atoms with Crippen molar-refractivity contribution >= 4 is 21.7 Å². The van der Waals surface area contributed by atoms with E-state index in [0.29, 0.717) is 12.1 Å². The lowest BCUT2D eigenvalue weighted by atomic mass is 10.3. The number of likely N-dealkylation sites (tertiary alicyclic amines) is 1. The van der Waals surface area contributed by atoms with E-state index in [0.717, 1.165) is 35.5 Å². The van der Waals surface area contributed by atoms with E-state index >= 15 is 0 Å². The van der Waals surface area contributed by atoms with Gasteiger partial charge in [-0.25, -0.2) is 4.68 Å². The molecule has 4 nitrogen and oxygen atoms in total. The van der Waals surface area contributed by atoms with Gasteiger partial charge in [0.15, 0.2) is 0 Å². The minimum atomic E-state index is 0.424. The Kier molecular flexibility index (Phi) is 3.26. The molecule has 0 aromatic carbocycles. The van der Waals surface area contributed by atoms with Crippen LogP contribution in [-0.4, -0.2) is 33.8 Å². The molecule has 0 spiro atoms. The third-order valence-electron chi connectivity index (χ3n) is 3.32. The molecule has 1 atom stereocenters. The number of hydrogen-bond acceptors (Lipinski definition) is 3. The SMILES string of the molecule is Cc1nn(C2CCN(C(C)C)C2)c(N)c1Br. The van der Waals surface area contributed by atoms with Gasteiger partial charge in [-0.2, -0.15) is 5.10 Å². The standard InChI is InChI=1S/C11H19BrN4/c1-7(2)15-5-4-9(6-15)16-11(13)10(12)8(3)14-16/h7,9H,4-6,13H2,1-3H3. The lowest BCUT2D eigenvalue weighted by Crippen LogP contribution is -2.29. The normalized spacial score (nSPS) is 22.2. The molecular weight excluding hydrogens is 268 g/mol. The van der Waals surface area contributed by atoms with Gasteiger partial charge in [-0.3, -0.25) is 4.90 Å². The first kappa shape index (κ1) is 11.9. The summed E-state index contributed by atoms with van der Waals surface area (Å²) in [6.45, 7) is 8.63. The number of anilines is 1. The van der Waals surface area contributed by atoms with Crippen LogP contribution in [0.25, 0.3) is 0 Å². The summed E-state index contributed by atoms with van der Waals surface area (Å²) in [5.41, 5.74) is 7.01. The Balaban J connectivity index is 2.17. The molecule has 1 aromatic rings. The van der Waals surface area contributed by atoms with E-state index in [1.807, 2.05) is 11.6 Å². The molecular formula is C11H19BrN4. The number of aryl methyl sites for hydroxylation is 1. The monoisotopic (exact) mass is 286 g/mol. The van der Waals surface area contributed by atoms with Crippen LogP contribution in [0.15, 0.2) is 4.47 Å². The van der Waals surface area contributed by atoms with Crippen molar-refractivity contribution in [3.8, 4) is 0 Å². The highest BCUT2D eigenvalue weighted by Gasteiger charge is 2.28. The van der Waals surface area contributed by atoms with Crippen molar-refractivity contribution < 1.29 is 0 Å². The summed E-state index contributed by atoms with van der Waals surface area (Å²) in [6, 6.07) is 1.03. The van der Waals surface area contributed by atoms with Crippen LogP contribution >= 0.6 is 15.9 Å². The molecule has 1 aromatic heterocycles. The largest absolute Gasteiger partial charge is 0.383 e. The zero-order valence-electron chi connectivity index (χ0n) is 10.1. The van der Waals surface area contributed by atoms with Crippen molar-refractivity contribution in [2.75, 3.05) is 18.8 Å². The van der Waals surface area contributed by atoms with Crippen LogP contribution in [-0.2, 0) is 0 Å². The molecule has 2 rings (SSSR count). The predicted octanol–water partition coefficient (Wildman–Crippen LogP) is 2.19. The lowest BCUT2D eigenvalue weighted by molar-refractivity contribution is 0.263.